The number of halogens is 3. The van der Waals surface area contributed by atoms with Crippen LogP contribution in [-0.4, -0.2) is 26.2 Å². The first-order chi connectivity index (χ1) is 9.04. The topological polar surface area (TPSA) is 24.1 Å². The third-order valence-corrected chi connectivity index (χ3v) is 2.83. The van der Waals surface area contributed by atoms with Crippen LogP contribution < -0.4 is 10.6 Å². The molecule has 2 nitrogen and oxygen atoms in total. The lowest BCUT2D eigenvalue weighted by molar-refractivity contribution is -0.137. The lowest BCUT2D eigenvalue weighted by atomic mass is 10.1. The van der Waals surface area contributed by atoms with Crippen LogP contribution in [-0.2, 0) is 12.6 Å². The summed E-state index contributed by atoms with van der Waals surface area (Å²) in [7, 11) is 0. The van der Waals surface area contributed by atoms with Crippen LogP contribution in [0.4, 0.5) is 13.2 Å². The van der Waals surface area contributed by atoms with Crippen molar-refractivity contribution < 1.29 is 13.2 Å². The first-order valence-corrected chi connectivity index (χ1v) is 6.61. The van der Waals surface area contributed by atoms with E-state index in [1.165, 1.54) is 0 Å². The number of alkyl halides is 3. The zero-order chi connectivity index (χ0) is 14.1. The van der Waals surface area contributed by atoms with Crippen molar-refractivity contribution in [3.63, 3.8) is 0 Å². The zero-order valence-corrected chi connectivity index (χ0v) is 11.2. The Labute approximate surface area is 112 Å². The van der Waals surface area contributed by atoms with E-state index in [1.54, 1.807) is 12.1 Å². The van der Waals surface area contributed by atoms with Crippen molar-refractivity contribution in [2.75, 3.05) is 26.2 Å². The van der Waals surface area contributed by atoms with Gasteiger partial charge in [-0.25, -0.2) is 0 Å². The maximum atomic E-state index is 12.4. The summed E-state index contributed by atoms with van der Waals surface area (Å²) >= 11 is 0. The van der Waals surface area contributed by atoms with Crippen molar-refractivity contribution in [1.29, 1.82) is 0 Å². The van der Waals surface area contributed by atoms with Crippen LogP contribution in [0.1, 0.15) is 24.5 Å². The molecule has 5 heteroatoms. The maximum absolute atomic E-state index is 12.4. The Bertz CT molecular complexity index is 347. The van der Waals surface area contributed by atoms with Crippen LogP contribution in [0, 0.1) is 0 Å². The highest BCUT2D eigenvalue weighted by atomic mass is 19.4. The van der Waals surface area contributed by atoms with Crippen LogP contribution in [0.5, 0.6) is 0 Å². The molecule has 19 heavy (non-hydrogen) atoms. The molecule has 0 aliphatic carbocycles. The average molecular weight is 274 g/mol. The van der Waals surface area contributed by atoms with E-state index in [-0.39, 0.29) is 0 Å². The molecule has 2 N–H and O–H groups in total. The lowest BCUT2D eigenvalue weighted by Gasteiger charge is -2.08. The molecule has 108 valence electrons. The van der Waals surface area contributed by atoms with Crippen LogP contribution in [0.15, 0.2) is 24.3 Å². The Morgan fingerprint density at radius 2 is 1.58 bits per heavy atom. The van der Waals surface area contributed by atoms with Gasteiger partial charge in [0.1, 0.15) is 0 Å². The summed E-state index contributed by atoms with van der Waals surface area (Å²) in [5.41, 5.74) is 0.335. The van der Waals surface area contributed by atoms with E-state index >= 15 is 0 Å². The first-order valence-electron chi connectivity index (χ1n) is 6.61. The minimum Gasteiger partial charge on any atom is -0.317 e. The third kappa shape index (κ3) is 6.59. The highest BCUT2D eigenvalue weighted by Crippen LogP contribution is 2.29. The summed E-state index contributed by atoms with van der Waals surface area (Å²) in [6.07, 6.45) is -2.44. The van der Waals surface area contributed by atoms with Gasteiger partial charge in [-0.2, -0.15) is 13.2 Å². The Balaban J connectivity index is 2.20. The summed E-state index contributed by atoms with van der Waals surface area (Å²) in [5, 5.41) is 6.51. The second-order valence-electron chi connectivity index (χ2n) is 4.40. The minimum absolute atomic E-state index is 0.588. The molecule has 0 saturated carbocycles. The molecule has 0 unspecified atom stereocenters. The van der Waals surface area contributed by atoms with E-state index in [9.17, 15) is 13.2 Å². The van der Waals surface area contributed by atoms with E-state index in [4.69, 9.17) is 0 Å². The predicted octanol–water partition coefficient (Wildman–Crippen LogP) is 2.84. The van der Waals surface area contributed by atoms with Crippen LogP contribution in [0.2, 0.25) is 0 Å². The second kappa shape index (κ2) is 8.17. The number of rotatable bonds is 8. The quantitative estimate of drug-likeness (QED) is 0.712. The summed E-state index contributed by atoms with van der Waals surface area (Å²) in [6, 6.07) is 5.37. The third-order valence-electron chi connectivity index (χ3n) is 2.83. The van der Waals surface area contributed by atoms with Crippen LogP contribution in [0.25, 0.3) is 0 Å². The zero-order valence-electron chi connectivity index (χ0n) is 11.2. The Hall–Kier alpha value is -1.07. The molecule has 0 bridgehead atoms. The predicted molar refractivity (Wildman–Crippen MR) is 71.2 cm³/mol. The van der Waals surface area contributed by atoms with Crippen molar-refractivity contribution in [2.24, 2.45) is 0 Å². The molecule has 1 aromatic rings. The van der Waals surface area contributed by atoms with Gasteiger partial charge in [0, 0.05) is 0 Å². The molecule has 0 amide bonds. The van der Waals surface area contributed by atoms with Crippen molar-refractivity contribution in [3.8, 4) is 0 Å². The van der Waals surface area contributed by atoms with Gasteiger partial charge < -0.3 is 10.6 Å². The van der Waals surface area contributed by atoms with Crippen molar-refractivity contribution in [1.82, 2.24) is 10.6 Å². The van der Waals surface area contributed by atoms with Gasteiger partial charge in [0.25, 0.3) is 0 Å². The molecule has 0 aliphatic rings. The van der Waals surface area contributed by atoms with Gasteiger partial charge in [0.05, 0.1) is 5.56 Å². The van der Waals surface area contributed by atoms with E-state index in [1.807, 2.05) is 0 Å². The Morgan fingerprint density at radius 3 is 2.16 bits per heavy atom. The number of hydrogen-bond donors (Lipinski definition) is 2. The van der Waals surface area contributed by atoms with Crippen LogP contribution >= 0.6 is 0 Å². The van der Waals surface area contributed by atoms with Gasteiger partial charge in [0.15, 0.2) is 0 Å². The summed E-state index contributed by atoms with van der Waals surface area (Å²) in [4.78, 5) is 0. The van der Waals surface area contributed by atoms with Crippen molar-refractivity contribution in [3.05, 3.63) is 35.4 Å². The van der Waals surface area contributed by atoms with Crippen molar-refractivity contribution >= 4 is 0 Å². The molecular weight excluding hydrogens is 253 g/mol. The molecule has 0 heterocycles. The van der Waals surface area contributed by atoms with Gasteiger partial charge in [-0.05, 0) is 56.7 Å². The molecule has 0 atom stereocenters. The highest BCUT2D eigenvalue weighted by molar-refractivity contribution is 5.24. The van der Waals surface area contributed by atoms with Gasteiger partial charge >= 0.3 is 6.18 Å². The fourth-order valence-electron chi connectivity index (χ4n) is 1.73. The van der Waals surface area contributed by atoms with Gasteiger partial charge in [0.2, 0.25) is 0 Å². The fourth-order valence-corrected chi connectivity index (χ4v) is 1.73. The average Bonchev–Trinajstić information content (AvgIpc) is 2.37. The number of benzene rings is 1. The molecule has 0 fully saturated rings. The number of hydrogen-bond acceptors (Lipinski definition) is 2. The molecular formula is C14H21F3N2. The molecule has 0 aromatic heterocycles. The van der Waals surface area contributed by atoms with Gasteiger partial charge in [-0.15, -0.1) is 0 Å². The maximum Gasteiger partial charge on any atom is 0.416 e. The Morgan fingerprint density at radius 1 is 0.947 bits per heavy atom. The monoisotopic (exact) mass is 274 g/mol. The summed E-state index contributed by atoms with van der Waals surface area (Å²) in [6.45, 7) is 5.75. The Kier molecular flexibility index (Phi) is 6.87. The normalized spacial score (nSPS) is 11.8. The molecule has 0 aliphatic heterocycles. The second-order valence-corrected chi connectivity index (χ2v) is 4.40. The molecule has 1 rings (SSSR count). The van der Waals surface area contributed by atoms with Gasteiger partial charge in [-0.1, -0.05) is 19.1 Å². The first kappa shape index (κ1) is 16.0. The van der Waals surface area contributed by atoms with E-state index < -0.39 is 11.7 Å². The molecule has 0 saturated heterocycles. The van der Waals surface area contributed by atoms with E-state index in [0.29, 0.717) is 0 Å². The van der Waals surface area contributed by atoms with Crippen molar-refractivity contribution in [2.45, 2.75) is 25.9 Å². The van der Waals surface area contributed by atoms with E-state index in [2.05, 4.69) is 17.6 Å². The molecule has 0 radical (unpaired) electrons. The SMILES string of the molecule is CCNCCCNCCc1ccc(C(F)(F)F)cc1. The smallest absolute Gasteiger partial charge is 0.317 e. The largest absolute Gasteiger partial charge is 0.416 e. The highest BCUT2D eigenvalue weighted by Gasteiger charge is 2.29. The minimum atomic E-state index is -4.25. The lowest BCUT2D eigenvalue weighted by Crippen LogP contribution is -2.23. The van der Waals surface area contributed by atoms with E-state index in [0.717, 1.165) is 56.7 Å². The van der Waals surface area contributed by atoms with Gasteiger partial charge in [-0.3, -0.25) is 0 Å². The van der Waals surface area contributed by atoms with Crippen LogP contribution in [0.3, 0.4) is 0 Å². The molecule has 0 spiro atoms. The fraction of sp³-hybridized carbons (Fsp3) is 0.571. The summed E-state index contributed by atoms with van der Waals surface area (Å²) < 4.78 is 37.1. The molecule has 1 aromatic carbocycles. The standard InChI is InChI=1S/C14H21F3N2/c1-2-18-9-3-10-19-11-8-12-4-6-13(7-5-12)14(15,16)17/h4-7,18-19H,2-3,8-11H2,1H3. The number of nitrogens with one attached hydrogen (secondary N) is 2. The summed E-state index contributed by atoms with van der Waals surface area (Å²) in [5.74, 6) is 0.